The van der Waals surface area contributed by atoms with E-state index in [9.17, 15) is 0 Å². The molecule has 0 saturated carbocycles. The molecule has 0 bridgehead atoms. The van der Waals surface area contributed by atoms with Crippen LogP contribution < -0.4 is 29.6 Å². The number of thiophene rings is 10. The molecular formula is C116H141B2Br5N4NaP2S10. The van der Waals surface area contributed by atoms with E-state index in [2.05, 4.69) is 433 Å². The van der Waals surface area contributed by atoms with Gasteiger partial charge in [0.05, 0.1) is 21.8 Å². The van der Waals surface area contributed by atoms with Crippen molar-refractivity contribution in [2.24, 2.45) is 0 Å². The number of aromatic nitrogens is 4. The van der Waals surface area contributed by atoms with Crippen LogP contribution in [0.5, 0.6) is 0 Å². The minimum absolute atomic E-state index is 0. The molecule has 1 atom stereocenters. The Hall–Kier alpha value is -4.09. The number of aryl methyl sites for hydroxylation is 6. The molecule has 24 heteroatoms. The van der Waals surface area contributed by atoms with Gasteiger partial charge < -0.3 is 10.6 Å². The van der Waals surface area contributed by atoms with Crippen LogP contribution in [0.25, 0.3) is 113 Å². The Morgan fingerprint density at radius 1 is 0.400 bits per heavy atom. The van der Waals surface area contributed by atoms with E-state index in [1.807, 2.05) is 115 Å². The monoisotopic (exact) mass is 2430 g/mol. The van der Waals surface area contributed by atoms with Gasteiger partial charge in [-0.05, 0) is 312 Å². The molecular weight excluding hydrogens is 2280 g/mol. The molecule has 1 aliphatic rings. The van der Waals surface area contributed by atoms with Crippen molar-refractivity contribution in [1.29, 1.82) is 5.11 Å². The van der Waals surface area contributed by atoms with E-state index in [1.54, 1.807) is 48.9 Å². The van der Waals surface area contributed by atoms with Crippen molar-refractivity contribution in [2.75, 3.05) is 10.7 Å². The van der Waals surface area contributed by atoms with E-state index in [-0.39, 0.29) is 70.9 Å². The molecule has 0 N–H and O–H groups in total. The molecule has 0 aliphatic heterocycles. The summed E-state index contributed by atoms with van der Waals surface area (Å²) in [5.41, 5.74) is 22.5. The van der Waals surface area contributed by atoms with Crippen molar-refractivity contribution in [3.05, 3.63) is 312 Å². The smallest absolute Gasteiger partial charge is 1.00 e. The Morgan fingerprint density at radius 3 is 0.886 bits per heavy atom. The predicted molar refractivity (Wildman–Crippen MR) is 674 cm³/mol. The number of hydrogen-bond acceptors (Lipinski definition) is 12. The Bertz CT molecular complexity index is 6780. The molecule has 20 aromatic rings. The van der Waals surface area contributed by atoms with Crippen molar-refractivity contribution >= 4 is 315 Å². The average molecular weight is 2440 g/mol. The van der Waals surface area contributed by atoms with E-state index >= 15 is 0 Å². The van der Waals surface area contributed by atoms with Gasteiger partial charge in [-0.3, -0.25) is 9.97 Å². The molecule has 737 valence electrons. The van der Waals surface area contributed by atoms with Gasteiger partial charge in [0.25, 0.3) is 0 Å². The summed E-state index contributed by atoms with van der Waals surface area (Å²) in [5, 5.41) is 20.8. The van der Waals surface area contributed by atoms with E-state index in [0.29, 0.717) is 0 Å². The third-order valence-electron chi connectivity index (χ3n) is 24.1. The van der Waals surface area contributed by atoms with Crippen LogP contribution in [0.2, 0.25) is 13.6 Å². The summed E-state index contributed by atoms with van der Waals surface area (Å²) in [4.78, 5) is 14.5. The fourth-order valence-electron chi connectivity index (χ4n) is 16.5. The van der Waals surface area contributed by atoms with Crippen LogP contribution in [0.4, 0.5) is 0 Å². The number of halogens is 5. The van der Waals surface area contributed by atoms with E-state index in [0.717, 1.165) is 76.2 Å². The summed E-state index contributed by atoms with van der Waals surface area (Å²) in [5.74, 6) is 0. The second-order valence-corrected chi connectivity index (χ2v) is 54.7. The van der Waals surface area contributed by atoms with Crippen LogP contribution in [0.15, 0.2) is 248 Å². The van der Waals surface area contributed by atoms with Crippen molar-refractivity contribution in [3.63, 3.8) is 0 Å². The number of pyridine rings is 2. The maximum atomic E-state index is 6.50. The number of rotatable bonds is 16. The first-order valence-corrected chi connectivity index (χ1v) is 62.4. The first kappa shape index (κ1) is 107. The molecule has 0 spiro atoms. The van der Waals surface area contributed by atoms with Gasteiger partial charge in [0.1, 0.15) is 7.00 Å². The zero-order chi connectivity index (χ0) is 109. The first-order valence-electron chi connectivity index (χ1n) is 51.8. The van der Waals surface area contributed by atoms with Crippen LogP contribution in [0.1, 0.15) is 232 Å². The summed E-state index contributed by atoms with van der Waals surface area (Å²) in [6.07, 6.45) is 14.1. The van der Waals surface area contributed by atoms with E-state index in [4.69, 9.17) is 14.0 Å². The maximum Gasteiger partial charge on any atom is 1.00 e. The van der Waals surface area contributed by atoms with Gasteiger partial charge in [-0.15, -0.1) is 113 Å². The second kappa shape index (κ2) is 53.9. The summed E-state index contributed by atoms with van der Waals surface area (Å²) < 4.78 is 76.9. The number of benzene rings is 6. The zero-order valence-electron chi connectivity index (χ0n) is 95.1. The molecule has 0 saturated heterocycles. The number of hydrogen-bond donors (Lipinski definition) is 0. The second-order valence-electron chi connectivity index (χ2n) is 40.4. The summed E-state index contributed by atoms with van der Waals surface area (Å²) in [6.45, 7) is 48.3. The number of fused-ring (bicyclic) bond motifs is 14. The van der Waals surface area contributed by atoms with Crippen LogP contribution >= 0.6 is 209 Å². The molecule has 1 aliphatic carbocycles. The molecule has 14 aromatic heterocycles. The molecule has 14 heterocycles. The fraction of sp³-hybridized carbons (Fsp3) is 0.345. The third-order valence-corrected chi connectivity index (χ3v) is 36.7. The summed E-state index contributed by atoms with van der Waals surface area (Å²) >= 11 is 35.1. The van der Waals surface area contributed by atoms with Gasteiger partial charge in [-0.1, -0.05) is 293 Å². The third kappa shape index (κ3) is 31.5. The summed E-state index contributed by atoms with van der Waals surface area (Å²) in [6, 6.07) is 72.9. The van der Waals surface area contributed by atoms with Gasteiger partial charge in [0.2, 0.25) is 0 Å². The normalized spacial score (nSPS) is 12.6. The Morgan fingerprint density at radius 2 is 0.643 bits per heavy atom. The largest absolute Gasteiger partial charge is 1.00 e. The average Bonchev–Trinajstić information content (AvgIpc) is 1.60. The molecule has 0 amide bonds. The maximum absolute atomic E-state index is 6.50. The minimum Gasteiger partial charge on any atom is -1.00 e. The molecule has 21 rings (SSSR count). The number of alkyl halides is 2. The number of nitrogens with zero attached hydrogens (tertiary/aromatic N) is 4. The molecule has 140 heavy (non-hydrogen) atoms. The minimum atomic E-state index is -1.31. The Balaban J connectivity index is 0.000000271. The van der Waals surface area contributed by atoms with Crippen molar-refractivity contribution in [3.8, 4) is 22.5 Å². The molecule has 4 nitrogen and oxygen atoms in total. The standard InChI is InChI=1S/2C29H33NS2.C21H26.C10H6Br2N2.2C9H9BrS2.C6H4S2.CH5BP.CH3B.CH4.BrH2P.Na.3H2.H/c2*1-28(2,3)19-9-11-24-22(16-19)23-17-20(29(4,5)6)10-12-25(23)30(24)14-7-8-21-18-27-26(32-21)13-15-31-27;1-20(2,3)16-9-7-14-11-15-8-10-17(21(4,5)6)13-19(15)18(14)12-16;11-7-1-3-13-9(5-7)10-6-8(12)2-4-14-10;2*10-4-1-2-7-6-9-8(12-7)3-5-11-9;1-3-7-6-2-4-8-5(1)6;1-2-3;1-2;;1-2;;;;;/h2*9-13,15-18H,7-8,14H2,1-6H3;7-10,12-13H,11H2,1-6H3;1-6H;2*3,5-6H,1-2,4H2;1-4H;3H2,1H3;1H3;1H4;2H2;;3*1H;/q;;;;;;;;;;;+1;;;;-1/i;;;;;;;3TD;;;2T2;;2*1+2T;1+2D;. The van der Waals surface area contributed by atoms with Gasteiger partial charge in [0.15, 0.2) is 0 Å². The SMILES string of the molecule is BrCCCc1cc2sccc2s1.BrCCCc1cc2sccc2s1.Brc1ccnc(-c2cc(Br)ccn2)c1.C.CC(C)(C)c1ccc2c(c1)-c1cc(C(C)(C)C)ccc1C2.CC(C)(C)c1ccc2c(c1)c1cc(C(C)(C)C)ccc1n2CCCc1cc2sccc2s1.CC(C)(C)c1ccc2c(c1)c1cc(C(C)(C)C)ccc1n2CCCc1cc2sccc2s1.[2H]P([3H])[B]C.[2H][3H].[3H]P([3H])Br.[3H][3H].[3H][3H].[B]C.[H-].[Na+].c1cc2sccc2s1. The van der Waals surface area contributed by atoms with Gasteiger partial charge in [0, 0.05) is 167 Å². The van der Waals surface area contributed by atoms with Crippen LogP contribution in [0, 0.1) is 0 Å². The first-order chi connectivity index (χ1) is 70.4. The molecule has 3 radical (unpaired) electrons. The van der Waals surface area contributed by atoms with Crippen molar-refractivity contribution < 1.29 is 39.9 Å². The molecule has 1 unspecified atom stereocenters. The van der Waals surface area contributed by atoms with E-state index < -0.39 is 16.8 Å². The van der Waals surface area contributed by atoms with E-state index in [1.165, 1.54) is 198 Å². The van der Waals surface area contributed by atoms with Crippen molar-refractivity contribution in [2.45, 2.75) is 249 Å². The predicted octanol–water partition coefficient (Wildman–Crippen LogP) is 40.1. The molecule has 6 aromatic carbocycles. The Kier molecular flexibility index (Phi) is 41.2. The van der Waals surface area contributed by atoms with Gasteiger partial charge in [-0.2, -0.15) is 9.01 Å². The van der Waals surface area contributed by atoms with Gasteiger partial charge >= 0.3 is 29.6 Å². The molecule has 0 fully saturated rings. The van der Waals surface area contributed by atoms with Crippen LogP contribution in [-0.2, 0) is 77.7 Å². The van der Waals surface area contributed by atoms with Crippen LogP contribution in [0.3, 0.4) is 0 Å². The van der Waals surface area contributed by atoms with Gasteiger partial charge in [-0.25, -0.2) is 0 Å². The van der Waals surface area contributed by atoms with Crippen molar-refractivity contribution in [1.82, 2.24) is 19.1 Å². The summed E-state index contributed by atoms with van der Waals surface area (Å²) in [7, 11) is 1.97. The topological polar surface area (TPSA) is 35.6 Å². The quantitative estimate of drug-likeness (QED) is 0.0549. The van der Waals surface area contributed by atoms with Crippen LogP contribution in [-0.4, -0.2) is 49.7 Å². The fourth-order valence-corrected chi connectivity index (χ4v) is 28.3. The zero-order valence-corrected chi connectivity index (χ0v) is 104. The Labute approximate surface area is 961 Å².